The Morgan fingerprint density at radius 2 is 1.88 bits per heavy atom. The summed E-state index contributed by atoms with van der Waals surface area (Å²) in [5, 5.41) is 24.3. The summed E-state index contributed by atoms with van der Waals surface area (Å²) in [5.41, 5.74) is 0.173. The highest BCUT2D eigenvalue weighted by Gasteiger charge is 2.65. The zero-order valence-corrected chi connectivity index (χ0v) is 17.5. The van der Waals surface area contributed by atoms with Gasteiger partial charge < -0.3 is 10.3 Å². The van der Waals surface area contributed by atoms with Crippen LogP contribution < -0.4 is 0 Å². The molecule has 1 aliphatic heterocycles. The maximum Gasteiger partial charge on any atom is 0.0578 e. The molecule has 7 unspecified atom stereocenters. The van der Waals surface area contributed by atoms with Crippen molar-refractivity contribution in [1.29, 1.82) is 0 Å². The molecule has 1 saturated heterocycles. The zero-order valence-electron chi connectivity index (χ0n) is 17.5. The maximum atomic E-state index is 11.3. The third-order valence-corrected chi connectivity index (χ3v) is 9.84. The number of hydrogen-bond acceptors (Lipinski definition) is 3. The van der Waals surface area contributed by atoms with Crippen LogP contribution in [0.3, 0.4) is 0 Å². The number of piperidine rings is 1. The second-order valence-electron chi connectivity index (χ2n) is 10.8. The summed E-state index contributed by atoms with van der Waals surface area (Å²) >= 11 is 0. The minimum Gasteiger partial charge on any atom is -0.393 e. The quantitative estimate of drug-likeness (QED) is 0.732. The summed E-state index contributed by atoms with van der Waals surface area (Å²) in [6, 6.07) is 0. The summed E-state index contributed by atoms with van der Waals surface area (Å²) in [6.45, 7) is 10.2. The number of hydrogen-bond donors (Lipinski definition) is 2. The molecule has 26 heavy (non-hydrogen) atoms. The molecule has 4 aliphatic rings. The number of hydroxylamine groups is 2. The normalized spacial score (nSPS) is 52.8. The van der Waals surface area contributed by atoms with Crippen LogP contribution >= 0.6 is 0 Å². The van der Waals surface area contributed by atoms with Gasteiger partial charge in [-0.15, -0.1) is 0 Å². The first kappa shape index (κ1) is 19.2. The summed E-state index contributed by atoms with van der Waals surface area (Å²) < 4.78 is 0. The highest BCUT2D eigenvalue weighted by Crippen LogP contribution is 2.64. The van der Waals surface area contributed by atoms with Gasteiger partial charge >= 0.3 is 0 Å². The smallest absolute Gasteiger partial charge is 0.0578 e. The largest absolute Gasteiger partial charge is 0.393 e. The second kappa shape index (κ2) is 6.74. The minimum atomic E-state index is -0.158. The Bertz CT molecular complexity index is 524. The van der Waals surface area contributed by atoms with Crippen molar-refractivity contribution in [2.24, 2.45) is 40.9 Å². The van der Waals surface area contributed by atoms with E-state index in [1.807, 2.05) is 0 Å². The van der Waals surface area contributed by atoms with Crippen molar-refractivity contribution >= 4 is 0 Å². The minimum absolute atomic E-state index is 0.144. The molecule has 3 nitrogen and oxygen atoms in total. The van der Waals surface area contributed by atoms with Gasteiger partial charge in [0.15, 0.2) is 0 Å². The van der Waals surface area contributed by atoms with Crippen molar-refractivity contribution in [2.75, 3.05) is 6.54 Å². The molecule has 1 heterocycles. The Morgan fingerprint density at radius 3 is 2.62 bits per heavy atom. The zero-order chi connectivity index (χ0) is 18.7. The van der Waals surface area contributed by atoms with Crippen LogP contribution in [0.25, 0.3) is 0 Å². The van der Waals surface area contributed by atoms with E-state index < -0.39 is 0 Å². The number of rotatable bonds is 3. The lowest BCUT2D eigenvalue weighted by Gasteiger charge is -2.63. The van der Waals surface area contributed by atoms with E-state index in [1.165, 1.54) is 51.4 Å². The molecule has 0 amide bonds. The molecule has 3 aliphatic carbocycles. The molecule has 3 heteroatoms. The second-order valence-corrected chi connectivity index (χ2v) is 10.8. The van der Waals surface area contributed by atoms with Crippen molar-refractivity contribution in [3.05, 3.63) is 0 Å². The standard InChI is InChI=1S/C23H41NO2/c1-5-8-15(2)17-10-11-18-21-19(14-24(26)23(17,18)4)22(3)12-7-6-9-16(22)13-20(21)25/h15-21,25-26H,5-14H2,1-4H3/t15-,16?,17?,18?,19?,20-,21?,22?,23?/m1/s1. The third kappa shape index (κ3) is 2.56. The van der Waals surface area contributed by atoms with E-state index in [0.29, 0.717) is 40.9 Å². The van der Waals surface area contributed by atoms with Crippen LogP contribution in [0.1, 0.15) is 85.5 Å². The van der Waals surface area contributed by atoms with Crippen LogP contribution in [0, 0.1) is 40.9 Å². The molecule has 0 aromatic heterocycles. The molecule has 0 radical (unpaired) electrons. The van der Waals surface area contributed by atoms with Crippen LogP contribution in [0.2, 0.25) is 0 Å². The molecule has 0 bridgehead atoms. The molecule has 0 aromatic carbocycles. The van der Waals surface area contributed by atoms with E-state index in [2.05, 4.69) is 27.7 Å². The third-order valence-electron chi connectivity index (χ3n) is 9.84. The van der Waals surface area contributed by atoms with Gasteiger partial charge in [0, 0.05) is 12.1 Å². The molecule has 150 valence electrons. The lowest BCUT2D eigenvalue weighted by molar-refractivity contribution is -0.278. The fourth-order valence-corrected chi connectivity index (χ4v) is 8.42. The van der Waals surface area contributed by atoms with E-state index in [4.69, 9.17) is 0 Å². The van der Waals surface area contributed by atoms with Gasteiger partial charge in [-0.1, -0.05) is 46.5 Å². The van der Waals surface area contributed by atoms with Gasteiger partial charge in [-0.3, -0.25) is 0 Å². The van der Waals surface area contributed by atoms with Gasteiger partial charge in [-0.2, -0.15) is 5.06 Å². The molecular formula is C23H41NO2. The summed E-state index contributed by atoms with van der Waals surface area (Å²) in [7, 11) is 0. The Hall–Kier alpha value is -0.120. The Balaban J connectivity index is 1.67. The highest BCUT2D eigenvalue weighted by molar-refractivity contribution is 5.14. The van der Waals surface area contributed by atoms with Gasteiger partial charge in [0.2, 0.25) is 0 Å². The predicted octanol–water partition coefficient (Wildman–Crippen LogP) is 5.11. The number of nitrogens with zero attached hydrogens (tertiary/aromatic N) is 1. The van der Waals surface area contributed by atoms with Gasteiger partial charge in [0.25, 0.3) is 0 Å². The summed E-state index contributed by atoms with van der Waals surface area (Å²) in [4.78, 5) is 0. The Morgan fingerprint density at radius 1 is 1.12 bits per heavy atom. The highest BCUT2D eigenvalue weighted by atomic mass is 16.5. The predicted molar refractivity (Wildman–Crippen MR) is 105 cm³/mol. The molecule has 9 atom stereocenters. The van der Waals surface area contributed by atoms with Crippen LogP contribution in [-0.4, -0.2) is 33.6 Å². The fraction of sp³-hybridized carbons (Fsp3) is 1.00. The maximum absolute atomic E-state index is 11.3. The van der Waals surface area contributed by atoms with Crippen molar-refractivity contribution < 1.29 is 10.3 Å². The Labute approximate surface area is 160 Å². The topological polar surface area (TPSA) is 43.7 Å². The molecule has 4 rings (SSSR count). The van der Waals surface area contributed by atoms with E-state index in [-0.39, 0.29) is 11.6 Å². The molecular weight excluding hydrogens is 322 g/mol. The van der Waals surface area contributed by atoms with Crippen molar-refractivity contribution in [3.63, 3.8) is 0 Å². The van der Waals surface area contributed by atoms with Gasteiger partial charge in [-0.05, 0) is 80.0 Å². The monoisotopic (exact) mass is 363 g/mol. The van der Waals surface area contributed by atoms with Crippen molar-refractivity contribution in [3.8, 4) is 0 Å². The molecule has 0 aromatic rings. The Kier molecular flexibility index (Phi) is 4.98. The first-order valence-electron chi connectivity index (χ1n) is 11.5. The summed E-state index contributed by atoms with van der Waals surface area (Å²) in [5.74, 6) is 3.16. The average molecular weight is 364 g/mol. The molecule has 0 spiro atoms. The SMILES string of the molecule is CCC[C@@H](C)C1CCC2C3C(CN(O)C21C)C1(C)CCCCC1C[C@H]3O. The van der Waals surface area contributed by atoms with Gasteiger partial charge in [0.05, 0.1) is 6.10 Å². The first-order chi connectivity index (χ1) is 12.3. The van der Waals surface area contributed by atoms with E-state index in [0.717, 1.165) is 13.0 Å². The summed E-state index contributed by atoms with van der Waals surface area (Å²) in [6.07, 6.45) is 10.9. The molecule has 2 N–H and O–H groups in total. The average Bonchev–Trinajstić information content (AvgIpc) is 2.95. The number of aliphatic hydroxyl groups is 1. The van der Waals surface area contributed by atoms with E-state index in [9.17, 15) is 10.3 Å². The first-order valence-corrected chi connectivity index (χ1v) is 11.5. The van der Waals surface area contributed by atoms with Crippen molar-refractivity contribution in [1.82, 2.24) is 5.06 Å². The number of aliphatic hydroxyl groups excluding tert-OH is 1. The van der Waals surface area contributed by atoms with Gasteiger partial charge in [-0.25, -0.2) is 0 Å². The number of fused-ring (bicyclic) bond motifs is 5. The fourth-order valence-electron chi connectivity index (χ4n) is 8.42. The van der Waals surface area contributed by atoms with Crippen LogP contribution in [-0.2, 0) is 0 Å². The van der Waals surface area contributed by atoms with E-state index >= 15 is 0 Å². The molecule has 3 saturated carbocycles. The van der Waals surface area contributed by atoms with Crippen LogP contribution in [0.15, 0.2) is 0 Å². The van der Waals surface area contributed by atoms with Crippen LogP contribution in [0.5, 0.6) is 0 Å². The lowest BCUT2D eigenvalue weighted by Crippen LogP contribution is -2.68. The van der Waals surface area contributed by atoms with Gasteiger partial charge in [0.1, 0.15) is 0 Å². The van der Waals surface area contributed by atoms with E-state index in [1.54, 1.807) is 5.06 Å². The lowest BCUT2D eigenvalue weighted by atomic mass is 9.47. The molecule has 4 fully saturated rings. The van der Waals surface area contributed by atoms with Crippen molar-refractivity contribution in [2.45, 2.75) is 97.1 Å². The van der Waals surface area contributed by atoms with Crippen LogP contribution in [0.4, 0.5) is 0 Å².